The Morgan fingerprint density at radius 3 is 2.10 bits per heavy atom. The summed E-state index contributed by atoms with van der Waals surface area (Å²) in [6.07, 6.45) is 5.61. The minimum atomic E-state index is -5.11. The van der Waals surface area contributed by atoms with Crippen LogP contribution in [-0.2, 0) is 21.2 Å². The molecule has 4 aromatic rings. The van der Waals surface area contributed by atoms with Crippen LogP contribution in [0.25, 0.3) is 23.9 Å². The first kappa shape index (κ1) is 42.2. The lowest BCUT2D eigenvalue weighted by molar-refractivity contribution is -0.249. The van der Waals surface area contributed by atoms with Crippen molar-refractivity contribution in [2.45, 2.75) is 82.9 Å². The summed E-state index contributed by atoms with van der Waals surface area (Å²) < 4.78 is 61.8. The van der Waals surface area contributed by atoms with Gasteiger partial charge in [-0.1, -0.05) is 93.4 Å². The maximum Gasteiger partial charge on any atom is 0.437 e. The quantitative estimate of drug-likeness (QED) is 0.116. The fourth-order valence-electron chi connectivity index (χ4n) is 8.56. The molecule has 0 aliphatic carbocycles. The lowest BCUT2D eigenvalue weighted by Crippen LogP contribution is -2.45. The highest BCUT2D eigenvalue weighted by Gasteiger charge is 2.65. The lowest BCUT2D eigenvalue weighted by Gasteiger charge is -2.49. The highest BCUT2D eigenvalue weighted by atomic mass is 79.9. The smallest absolute Gasteiger partial charge is 0.437 e. The second-order valence-electron chi connectivity index (χ2n) is 16.7. The van der Waals surface area contributed by atoms with Gasteiger partial charge < -0.3 is 18.9 Å². The van der Waals surface area contributed by atoms with Crippen molar-refractivity contribution in [1.82, 2.24) is 4.57 Å². The Morgan fingerprint density at radius 2 is 1.50 bits per heavy atom. The van der Waals surface area contributed by atoms with Crippen molar-refractivity contribution in [1.29, 1.82) is 15.8 Å². The predicted molar refractivity (Wildman–Crippen MR) is 232 cm³/mol. The molecule has 0 bridgehead atoms. The van der Waals surface area contributed by atoms with Crippen LogP contribution in [0.5, 0.6) is 5.75 Å². The first-order chi connectivity index (χ1) is 28.6. The van der Waals surface area contributed by atoms with Gasteiger partial charge in [-0.05, 0) is 96.3 Å². The van der Waals surface area contributed by atoms with Gasteiger partial charge in [-0.2, -0.15) is 29.0 Å². The molecule has 3 aromatic carbocycles. The Kier molecular flexibility index (Phi) is 11.4. The third-order valence-electron chi connectivity index (χ3n) is 11.9. The van der Waals surface area contributed by atoms with Crippen molar-refractivity contribution >= 4 is 39.8 Å². The molecule has 3 aliphatic rings. The first-order valence-electron chi connectivity index (χ1n) is 20.1. The highest BCUT2D eigenvalue weighted by Crippen LogP contribution is 2.57. The number of alkyl halides is 3. The molecular formula is C49H45BrF3N5O2. The number of halogens is 4. The molecule has 0 saturated carbocycles. The summed E-state index contributed by atoms with van der Waals surface area (Å²) in [6, 6.07) is 25.5. The number of ether oxygens (including phenoxy) is 2. The Morgan fingerprint density at radius 1 is 0.867 bits per heavy atom. The Bertz CT molecular complexity index is 2560. The van der Waals surface area contributed by atoms with E-state index in [1.165, 1.54) is 53.2 Å². The fraction of sp³-hybridized carbons (Fsp3) is 0.327. The van der Waals surface area contributed by atoms with Crippen molar-refractivity contribution in [3.8, 4) is 29.6 Å². The zero-order chi connectivity index (χ0) is 43.0. The van der Waals surface area contributed by atoms with Crippen LogP contribution in [0.1, 0.15) is 93.9 Å². The number of anilines is 1. The number of hydrogen-bond donors (Lipinski definition) is 0. The van der Waals surface area contributed by atoms with Crippen LogP contribution >= 0.6 is 15.9 Å². The molecule has 1 unspecified atom stereocenters. The van der Waals surface area contributed by atoms with Gasteiger partial charge in [-0.15, -0.1) is 0 Å². The molecule has 0 amide bonds. The van der Waals surface area contributed by atoms with Gasteiger partial charge in [-0.25, -0.2) is 0 Å². The summed E-state index contributed by atoms with van der Waals surface area (Å²) in [6.45, 7) is 13.9. The van der Waals surface area contributed by atoms with Crippen LogP contribution in [0, 0.1) is 34.0 Å². The molecule has 7 nitrogen and oxygen atoms in total. The van der Waals surface area contributed by atoms with E-state index in [0.29, 0.717) is 12.3 Å². The molecule has 0 radical (unpaired) electrons. The van der Waals surface area contributed by atoms with E-state index in [0.717, 1.165) is 65.9 Å². The Hall–Kier alpha value is -5.96. The minimum absolute atomic E-state index is 0.0588. The lowest BCUT2D eigenvalue weighted by atomic mass is 9.68. The van der Waals surface area contributed by atoms with Crippen LogP contribution in [-0.4, -0.2) is 30.4 Å². The number of nitriles is 3. The van der Waals surface area contributed by atoms with Crippen molar-refractivity contribution in [2.75, 3.05) is 24.6 Å². The van der Waals surface area contributed by atoms with Gasteiger partial charge in [0.2, 0.25) is 0 Å². The third-order valence-corrected chi connectivity index (χ3v) is 12.4. The molecule has 60 heavy (non-hydrogen) atoms. The highest BCUT2D eigenvalue weighted by molar-refractivity contribution is 9.10. The van der Waals surface area contributed by atoms with E-state index in [2.05, 4.69) is 67.6 Å². The summed E-state index contributed by atoms with van der Waals surface area (Å²) in [5, 5.41) is 29.8. The Labute approximate surface area is 358 Å². The first-order valence-corrected chi connectivity index (χ1v) is 20.9. The summed E-state index contributed by atoms with van der Waals surface area (Å²) in [4.78, 5) is 2.52. The number of rotatable bonds is 10. The van der Waals surface area contributed by atoms with E-state index in [1.54, 1.807) is 24.3 Å². The summed E-state index contributed by atoms with van der Waals surface area (Å²) in [7, 11) is 0. The molecule has 4 heterocycles. The normalized spacial score (nSPS) is 19.2. The monoisotopic (exact) mass is 871 g/mol. The topological polar surface area (TPSA) is 98.0 Å². The molecule has 0 N–H and O–H groups in total. The molecule has 1 atom stereocenters. The number of unbranched alkanes of at least 4 members (excludes halogenated alkanes) is 1. The van der Waals surface area contributed by atoms with E-state index in [4.69, 9.17) is 9.47 Å². The van der Waals surface area contributed by atoms with Gasteiger partial charge in [0.05, 0.1) is 6.61 Å². The zero-order valence-corrected chi connectivity index (χ0v) is 35.8. The number of aromatic nitrogens is 1. The molecule has 3 aliphatic heterocycles. The fourth-order valence-corrected chi connectivity index (χ4v) is 8.83. The molecule has 0 spiro atoms. The van der Waals surface area contributed by atoms with E-state index in [-0.39, 0.29) is 16.4 Å². The van der Waals surface area contributed by atoms with E-state index in [9.17, 15) is 15.8 Å². The third kappa shape index (κ3) is 7.33. The minimum Gasteiger partial charge on any atom is -0.493 e. The number of benzene rings is 3. The standard InChI is InChI=1S/C49H45BrF3N5O2/c1-6-7-27-59-45-32(28-41-43-42(45)47(4,5)24-26-57(43)25-23-46(41,2)3)13-16-36-19-20-38(58(36)37-17-14-35(50)15-18-37)21-22-40-39(31-56)44(33(29-54)30-55)60-48(40,49(51,52)53)34-11-9-8-10-12-34/h8-22,28H,6-7,23-27H2,1-5H3/b16-13+,22-21+. The average Bonchev–Trinajstić information content (AvgIpc) is 3.79. The van der Waals surface area contributed by atoms with E-state index >= 15 is 13.2 Å². The number of allylic oxidation sites excluding steroid dienone is 2. The predicted octanol–water partition coefficient (Wildman–Crippen LogP) is 12.4. The second kappa shape index (κ2) is 16.2. The number of hydrogen-bond acceptors (Lipinski definition) is 6. The van der Waals surface area contributed by atoms with Crippen LogP contribution in [0.3, 0.4) is 0 Å². The molecule has 1 aromatic heterocycles. The molecule has 7 rings (SSSR count). The summed E-state index contributed by atoms with van der Waals surface area (Å²) in [5.74, 6) is 0.165. The molecule has 0 fully saturated rings. The van der Waals surface area contributed by atoms with Gasteiger partial charge in [0.15, 0.2) is 11.3 Å². The number of nitrogens with zero attached hydrogens (tertiary/aromatic N) is 5. The molecular weight excluding hydrogens is 827 g/mol. The molecule has 0 saturated heterocycles. The van der Waals surface area contributed by atoms with Crippen molar-refractivity contribution in [3.05, 3.63) is 139 Å². The van der Waals surface area contributed by atoms with Crippen LogP contribution < -0.4 is 9.64 Å². The van der Waals surface area contributed by atoms with E-state index < -0.39 is 34.3 Å². The van der Waals surface area contributed by atoms with Crippen molar-refractivity contribution in [2.24, 2.45) is 0 Å². The molecule has 306 valence electrons. The van der Waals surface area contributed by atoms with Crippen molar-refractivity contribution < 1.29 is 22.6 Å². The molecule has 11 heteroatoms. The average molecular weight is 873 g/mol. The van der Waals surface area contributed by atoms with Gasteiger partial charge in [0.1, 0.15) is 29.5 Å². The maximum absolute atomic E-state index is 15.6. The summed E-state index contributed by atoms with van der Waals surface area (Å²) in [5.41, 5.74) is 1.25. The van der Waals surface area contributed by atoms with Gasteiger partial charge in [0.25, 0.3) is 5.60 Å². The van der Waals surface area contributed by atoms with Crippen LogP contribution in [0.4, 0.5) is 18.9 Å². The second-order valence-corrected chi connectivity index (χ2v) is 17.6. The van der Waals surface area contributed by atoms with Gasteiger partial charge in [0, 0.05) is 62.6 Å². The largest absolute Gasteiger partial charge is 0.493 e. The van der Waals surface area contributed by atoms with Gasteiger partial charge >= 0.3 is 6.18 Å². The summed E-state index contributed by atoms with van der Waals surface area (Å²) >= 11 is 3.52. The maximum atomic E-state index is 15.6. The van der Waals surface area contributed by atoms with Crippen molar-refractivity contribution in [3.63, 3.8) is 0 Å². The SMILES string of the molecule is CCCCOc1c(/C=C/c2ccc(/C=C/C3=C(C#N)C(=C(C#N)C#N)OC3(c3ccccc3)C(F)(F)F)n2-c2ccc(Br)cc2)cc2c3c1C(C)(C)CCN3CCC2(C)C. The van der Waals surface area contributed by atoms with Crippen LogP contribution in [0.2, 0.25) is 0 Å². The Balaban J connectivity index is 1.43. The zero-order valence-electron chi connectivity index (χ0n) is 34.3. The van der Waals surface area contributed by atoms with Gasteiger partial charge in [-0.3, -0.25) is 0 Å². The van der Waals surface area contributed by atoms with Crippen LogP contribution in [0.15, 0.2) is 106 Å². The van der Waals surface area contributed by atoms with E-state index in [1.807, 2.05) is 47.0 Å².